The molecule has 2 aromatic rings. The Morgan fingerprint density at radius 1 is 1.25 bits per heavy atom. The van der Waals surface area contributed by atoms with Crippen LogP contribution < -0.4 is 4.72 Å². The molecule has 0 atom stereocenters. The summed E-state index contributed by atoms with van der Waals surface area (Å²) in [6.45, 7) is 0. The second-order valence-corrected chi connectivity index (χ2v) is 7.58. The number of carbonyl (C=O) groups is 1. The third-order valence-electron chi connectivity index (χ3n) is 2.32. The summed E-state index contributed by atoms with van der Waals surface area (Å²) in [5.41, 5.74) is -0.202. The lowest BCUT2D eigenvalue weighted by molar-refractivity contribution is 0.0698. The van der Waals surface area contributed by atoms with Gasteiger partial charge >= 0.3 is 5.97 Å². The Labute approximate surface area is 128 Å². The highest BCUT2D eigenvalue weighted by Crippen LogP contribution is 2.35. The molecule has 1 aromatic heterocycles. The summed E-state index contributed by atoms with van der Waals surface area (Å²) < 4.78 is 26.8. The summed E-state index contributed by atoms with van der Waals surface area (Å²) in [5, 5.41) is 9.01. The number of sulfonamides is 1. The Morgan fingerprint density at radius 3 is 2.45 bits per heavy atom. The van der Waals surface area contributed by atoms with Crippen molar-refractivity contribution in [2.75, 3.05) is 4.72 Å². The highest BCUT2D eigenvalue weighted by Gasteiger charge is 2.23. The zero-order valence-corrected chi connectivity index (χ0v) is 12.8. The minimum Gasteiger partial charge on any atom is -0.478 e. The fraction of sp³-hybridized carbons (Fsp3) is 0. The molecule has 0 spiro atoms. The van der Waals surface area contributed by atoms with E-state index in [0.717, 1.165) is 11.3 Å². The van der Waals surface area contributed by atoms with Crippen molar-refractivity contribution < 1.29 is 18.3 Å². The maximum absolute atomic E-state index is 12.2. The third-order valence-corrected chi connectivity index (χ3v) is 5.44. The largest absolute Gasteiger partial charge is 0.478 e. The average molecular weight is 352 g/mol. The first-order valence-corrected chi connectivity index (χ1v) is 8.17. The molecule has 1 aromatic carbocycles. The lowest BCUT2D eigenvalue weighted by Crippen LogP contribution is -2.15. The normalized spacial score (nSPS) is 11.3. The number of rotatable bonds is 4. The number of benzene rings is 1. The fourth-order valence-electron chi connectivity index (χ4n) is 1.47. The van der Waals surface area contributed by atoms with Gasteiger partial charge in [0.15, 0.2) is 0 Å². The number of hydrogen-bond acceptors (Lipinski definition) is 4. The van der Waals surface area contributed by atoms with Crippen LogP contribution in [0.2, 0.25) is 8.67 Å². The van der Waals surface area contributed by atoms with Crippen LogP contribution in [0.1, 0.15) is 10.4 Å². The number of anilines is 1. The molecule has 9 heteroatoms. The van der Waals surface area contributed by atoms with E-state index in [4.69, 9.17) is 28.3 Å². The second kappa shape index (κ2) is 5.61. The first-order chi connectivity index (χ1) is 9.31. The SMILES string of the molecule is O=C(O)c1ccccc1NS(=O)(=O)c1cc(Cl)sc1Cl. The molecule has 0 aliphatic carbocycles. The molecule has 0 radical (unpaired) electrons. The van der Waals surface area contributed by atoms with Crippen LogP contribution in [0.25, 0.3) is 0 Å². The van der Waals surface area contributed by atoms with Gasteiger partial charge in [0, 0.05) is 0 Å². The smallest absolute Gasteiger partial charge is 0.337 e. The molecule has 0 fully saturated rings. The number of carboxylic acid groups (broad SMARTS) is 1. The van der Waals surface area contributed by atoms with E-state index >= 15 is 0 Å². The van der Waals surface area contributed by atoms with Crippen molar-refractivity contribution in [2.24, 2.45) is 0 Å². The van der Waals surface area contributed by atoms with Crippen LogP contribution in [-0.4, -0.2) is 19.5 Å². The second-order valence-electron chi connectivity index (χ2n) is 3.64. The molecule has 0 unspecified atom stereocenters. The molecule has 20 heavy (non-hydrogen) atoms. The summed E-state index contributed by atoms with van der Waals surface area (Å²) in [6.07, 6.45) is 0. The number of carboxylic acids is 1. The lowest BCUT2D eigenvalue weighted by atomic mass is 10.2. The number of thiophene rings is 1. The zero-order chi connectivity index (χ0) is 14.9. The van der Waals surface area contributed by atoms with Gasteiger partial charge in [-0.05, 0) is 18.2 Å². The van der Waals surface area contributed by atoms with Crippen molar-refractivity contribution in [3.8, 4) is 0 Å². The average Bonchev–Trinajstić information content (AvgIpc) is 2.69. The lowest BCUT2D eigenvalue weighted by Gasteiger charge is -2.09. The molecule has 0 aliphatic rings. The highest BCUT2D eigenvalue weighted by atomic mass is 35.5. The molecule has 5 nitrogen and oxygen atoms in total. The van der Waals surface area contributed by atoms with Gasteiger partial charge < -0.3 is 5.11 Å². The molecule has 0 aliphatic heterocycles. The van der Waals surface area contributed by atoms with Crippen LogP contribution in [0.15, 0.2) is 35.2 Å². The van der Waals surface area contributed by atoms with Crippen molar-refractivity contribution in [3.05, 3.63) is 44.6 Å². The molecule has 2 rings (SSSR count). The number of halogens is 2. The molecule has 0 saturated heterocycles. The first-order valence-electron chi connectivity index (χ1n) is 5.11. The van der Waals surface area contributed by atoms with Crippen molar-refractivity contribution in [1.82, 2.24) is 0 Å². The van der Waals surface area contributed by atoms with Gasteiger partial charge in [-0.2, -0.15) is 0 Å². The standard InChI is InChI=1S/C11H7Cl2NO4S2/c12-9-5-8(10(13)19-9)20(17,18)14-7-4-2-1-3-6(7)11(15)16/h1-5,14H,(H,15,16). The minimum atomic E-state index is -4.00. The van der Waals surface area contributed by atoms with Gasteiger partial charge in [0.2, 0.25) is 0 Å². The van der Waals surface area contributed by atoms with Crippen molar-refractivity contribution in [3.63, 3.8) is 0 Å². The van der Waals surface area contributed by atoms with E-state index in [9.17, 15) is 13.2 Å². The molecular formula is C11H7Cl2NO4S2. The monoisotopic (exact) mass is 351 g/mol. The van der Waals surface area contributed by atoms with E-state index in [0.29, 0.717) is 0 Å². The predicted octanol–water partition coefficient (Wildman–Crippen LogP) is 3.55. The van der Waals surface area contributed by atoms with Gasteiger partial charge in [0.05, 0.1) is 15.6 Å². The summed E-state index contributed by atoms with van der Waals surface area (Å²) in [7, 11) is -4.00. The number of aromatic carboxylic acids is 1. The van der Waals surface area contributed by atoms with E-state index in [2.05, 4.69) is 4.72 Å². The fourth-order valence-corrected chi connectivity index (χ4v) is 4.70. The number of hydrogen-bond donors (Lipinski definition) is 2. The Kier molecular flexibility index (Phi) is 4.24. The Hall–Kier alpha value is -1.28. The first kappa shape index (κ1) is 15.1. The van der Waals surface area contributed by atoms with Gasteiger partial charge in [-0.1, -0.05) is 35.3 Å². The molecule has 0 bridgehead atoms. The maximum atomic E-state index is 12.2. The number of para-hydroxylation sites is 1. The van der Waals surface area contributed by atoms with Crippen LogP contribution in [0.3, 0.4) is 0 Å². The van der Waals surface area contributed by atoms with Crippen molar-refractivity contribution in [2.45, 2.75) is 4.90 Å². The van der Waals surface area contributed by atoms with Crippen LogP contribution in [0, 0.1) is 0 Å². The summed E-state index contributed by atoms with van der Waals surface area (Å²) in [5.74, 6) is -1.24. The van der Waals surface area contributed by atoms with E-state index in [-0.39, 0.29) is 24.8 Å². The Bertz CT molecular complexity index is 770. The van der Waals surface area contributed by atoms with Gasteiger partial charge in [-0.25, -0.2) is 13.2 Å². The topological polar surface area (TPSA) is 83.5 Å². The van der Waals surface area contributed by atoms with Crippen LogP contribution in [0.4, 0.5) is 5.69 Å². The van der Waals surface area contributed by atoms with E-state index < -0.39 is 16.0 Å². The van der Waals surface area contributed by atoms with Gasteiger partial charge in [-0.15, -0.1) is 11.3 Å². The van der Waals surface area contributed by atoms with Crippen LogP contribution in [0.5, 0.6) is 0 Å². The van der Waals surface area contributed by atoms with Gasteiger partial charge in [0.25, 0.3) is 10.0 Å². The summed E-state index contributed by atoms with van der Waals surface area (Å²) >= 11 is 12.4. The number of nitrogens with one attached hydrogen (secondary N) is 1. The van der Waals surface area contributed by atoms with E-state index in [1.165, 1.54) is 30.3 Å². The van der Waals surface area contributed by atoms with Crippen molar-refractivity contribution in [1.29, 1.82) is 0 Å². The Balaban J connectivity index is 2.44. The highest BCUT2D eigenvalue weighted by molar-refractivity contribution is 7.93. The van der Waals surface area contributed by atoms with E-state index in [1.54, 1.807) is 0 Å². The van der Waals surface area contributed by atoms with Crippen LogP contribution >= 0.6 is 34.5 Å². The van der Waals surface area contributed by atoms with Crippen molar-refractivity contribution >= 4 is 56.2 Å². The molecule has 1 heterocycles. The van der Waals surface area contributed by atoms with Gasteiger partial charge in [0.1, 0.15) is 9.23 Å². The third kappa shape index (κ3) is 3.06. The molecule has 0 amide bonds. The molecule has 106 valence electrons. The predicted molar refractivity (Wildman–Crippen MR) is 78.5 cm³/mol. The Morgan fingerprint density at radius 2 is 1.90 bits per heavy atom. The van der Waals surface area contributed by atoms with Gasteiger partial charge in [-0.3, -0.25) is 4.72 Å². The summed E-state index contributed by atoms with van der Waals surface area (Å²) in [6, 6.07) is 6.87. The maximum Gasteiger partial charge on any atom is 0.337 e. The van der Waals surface area contributed by atoms with Crippen LogP contribution in [-0.2, 0) is 10.0 Å². The quantitative estimate of drug-likeness (QED) is 0.881. The molecular weight excluding hydrogens is 345 g/mol. The molecule has 0 saturated carbocycles. The molecule has 2 N–H and O–H groups in total. The van der Waals surface area contributed by atoms with E-state index in [1.807, 2.05) is 0 Å². The zero-order valence-electron chi connectivity index (χ0n) is 9.63. The minimum absolute atomic E-state index is 0.00954. The summed E-state index contributed by atoms with van der Waals surface area (Å²) in [4.78, 5) is 10.8.